The summed E-state index contributed by atoms with van der Waals surface area (Å²) in [5, 5.41) is 11.6. The van der Waals surface area contributed by atoms with E-state index in [0.29, 0.717) is 0 Å². The summed E-state index contributed by atoms with van der Waals surface area (Å²) >= 11 is 1.75. The van der Waals surface area contributed by atoms with Gasteiger partial charge in [-0.1, -0.05) is 36.4 Å². The number of thiophene rings is 1. The number of pyridine rings is 1. The van der Waals surface area contributed by atoms with Crippen LogP contribution in [0.1, 0.15) is 12.0 Å². The molecule has 0 fully saturated rings. The highest BCUT2D eigenvalue weighted by Gasteiger charge is 2.15. The molecule has 6 heteroatoms. The molecule has 5 aromatic rings. The zero-order valence-electron chi connectivity index (χ0n) is 20.0. The van der Waals surface area contributed by atoms with Gasteiger partial charge in [0.05, 0.1) is 5.69 Å². The molecule has 2 amide bonds. The van der Waals surface area contributed by atoms with Crippen LogP contribution in [0.25, 0.3) is 37.6 Å². The molecule has 2 N–H and O–H groups in total. The van der Waals surface area contributed by atoms with E-state index in [0.717, 1.165) is 52.8 Å². The SMILES string of the molecule is CN1CC=C(c2csc3ccc(NC(=O)Nc4ccc(-c5ccncc5)c5ccccc45)cc23)CC1. The Morgan fingerprint density at radius 1 is 0.917 bits per heavy atom. The van der Waals surface area contributed by atoms with Gasteiger partial charge in [0.2, 0.25) is 0 Å². The topological polar surface area (TPSA) is 57.3 Å². The molecule has 36 heavy (non-hydrogen) atoms. The van der Waals surface area contributed by atoms with Crippen molar-refractivity contribution in [3.8, 4) is 11.1 Å². The van der Waals surface area contributed by atoms with E-state index in [1.807, 2.05) is 48.5 Å². The quantitative estimate of drug-likeness (QED) is 0.275. The third-order valence-corrected chi connectivity index (χ3v) is 7.72. The van der Waals surface area contributed by atoms with Crippen molar-refractivity contribution in [2.75, 3.05) is 30.8 Å². The number of rotatable bonds is 4. The maximum Gasteiger partial charge on any atom is 0.323 e. The number of hydrogen-bond donors (Lipinski definition) is 2. The normalized spacial score (nSPS) is 14.1. The minimum absolute atomic E-state index is 0.258. The molecular weight excluding hydrogens is 464 g/mol. The van der Waals surface area contributed by atoms with Crippen molar-refractivity contribution in [3.63, 3.8) is 0 Å². The molecule has 0 spiro atoms. The van der Waals surface area contributed by atoms with Gasteiger partial charge in [0, 0.05) is 46.6 Å². The lowest BCUT2D eigenvalue weighted by Gasteiger charge is -2.21. The van der Waals surface area contributed by atoms with Gasteiger partial charge in [0.25, 0.3) is 0 Å². The van der Waals surface area contributed by atoms with E-state index < -0.39 is 0 Å². The minimum atomic E-state index is -0.258. The third kappa shape index (κ3) is 4.37. The molecule has 2 aromatic heterocycles. The van der Waals surface area contributed by atoms with Crippen molar-refractivity contribution in [2.45, 2.75) is 6.42 Å². The zero-order chi connectivity index (χ0) is 24.5. The summed E-state index contributed by atoms with van der Waals surface area (Å²) in [5.41, 5.74) is 6.43. The minimum Gasteiger partial charge on any atom is -0.308 e. The average molecular weight is 491 g/mol. The van der Waals surface area contributed by atoms with E-state index in [9.17, 15) is 4.79 Å². The number of fused-ring (bicyclic) bond motifs is 2. The van der Waals surface area contributed by atoms with Crippen LogP contribution < -0.4 is 10.6 Å². The van der Waals surface area contributed by atoms with Crippen LogP contribution >= 0.6 is 11.3 Å². The van der Waals surface area contributed by atoms with Crippen molar-refractivity contribution in [1.82, 2.24) is 9.88 Å². The van der Waals surface area contributed by atoms with E-state index in [1.165, 1.54) is 21.2 Å². The Balaban J connectivity index is 1.26. The largest absolute Gasteiger partial charge is 0.323 e. The first kappa shape index (κ1) is 22.5. The molecule has 0 aliphatic carbocycles. The van der Waals surface area contributed by atoms with Gasteiger partial charge in [-0.2, -0.15) is 0 Å². The number of nitrogens with one attached hydrogen (secondary N) is 2. The Bertz CT molecular complexity index is 1610. The van der Waals surface area contributed by atoms with E-state index in [2.05, 4.69) is 57.2 Å². The van der Waals surface area contributed by atoms with Crippen LogP contribution in [0.3, 0.4) is 0 Å². The predicted octanol–water partition coefficient (Wildman–Crippen LogP) is 7.48. The second-order valence-electron chi connectivity index (χ2n) is 9.12. The second kappa shape index (κ2) is 9.57. The highest BCUT2D eigenvalue weighted by Crippen LogP contribution is 2.36. The van der Waals surface area contributed by atoms with Gasteiger partial charge in [-0.25, -0.2) is 4.79 Å². The van der Waals surface area contributed by atoms with Gasteiger partial charge in [0.1, 0.15) is 0 Å². The van der Waals surface area contributed by atoms with Crippen LogP contribution in [-0.4, -0.2) is 36.1 Å². The molecule has 178 valence electrons. The number of benzene rings is 3. The van der Waals surface area contributed by atoms with Crippen LogP contribution in [-0.2, 0) is 0 Å². The Labute approximate surface area is 214 Å². The van der Waals surface area contributed by atoms with Crippen LogP contribution in [0, 0.1) is 0 Å². The number of amides is 2. The highest BCUT2D eigenvalue weighted by molar-refractivity contribution is 7.17. The number of carbonyl (C=O) groups excluding carboxylic acids is 1. The van der Waals surface area contributed by atoms with Gasteiger partial charge >= 0.3 is 6.03 Å². The first-order valence-electron chi connectivity index (χ1n) is 12.0. The summed E-state index contributed by atoms with van der Waals surface area (Å²) < 4.78 is 1.23. The summed E-state index contributed by atoms with van der Waals surface area (Å²) in [4.78, 5) is 19.5. The zero-order valence-corrected chi connectivity index (χ0v) is 20.8. The highest BCUT2D eigenvalue weighted by atomic mass is 32.1. The maximum absolute atomic E-state index is 13.0. The standard InChI is InChI=1S/C30H26N4OS/c1-34-16-12-21(13-17-34)27-19-36-29-9-6-22(18-26(27)29)32-30(35)33-28-8-7-23(20-10-14-31-15-11-20)24-4-2-3-5-25(24)28/h2-12,14-15,18-19H,13,16-17H2,1H3,(H2,32,33,35). The maximum atomic E-state index is 13.0. The summed E-state index contributed by atoms with van der Waals surface area (Å²) in [7, 11) is 2.15. The predicted molar refractivity (Wildman–Crippen MR) is 152 cm³/mol. The third-order valence-electron chi connectivity index (χ3n) is 6.75. The lowest BCUT2D eigenvalue weighted by atomic mass is 9.98. The Morgan fingerprint density at radius 2 is 1.75 bits per heavy atom. The fourth-order valence-electron chi connectivity index (χ4n) is 4.85. The molecule has 5 nitrogen and oxygen atoms in total. The fraction of sp³-hybridized carbons (Fsp3) is 0.133. The first-order chi connectivity index (χ1) is 17.7. The van der Waals surface area contributed by atoms with Crippen molar-refractivity contribution < 1.29 is 4.79 Å². The Kier molecular flexibility index (Phi) is 5.97. The molecule has 0 radical (unpaired) electrons. The van der Waals surface area contributed by atoms with E-state index in [1.54, 1.807) is 23.7 Å². The lowest BCUT2D eigenvalue weighted by Crippen LogP contribution is -2.23. The number of carbonyl (C=O) groups is 1. The van der Waals surface area contributed by atoms with Crippen LogP contribution in [0.15, 0.2) is 90.6 Å². The molecule has 3 heterocycles. The summed E-state index contributed by atoms with van der Waals surface area (Å²) in [5.74, 6) is 0. The first-order valence-corrected chi connectivity index (χ1v) is 12.9. The van der Waals surface area contributed by atoms with Crippen molar-refractivity contribution in [3.05, 3.63) is 96.1 Å². The van der Waals surface area contributed by atoms with Gasteiger partial charge in [-0.05, 0) is 82.9 Å². The number of aromatic nitrogens is 1. The van der Waals surface area contributed by atoms with Crippen LogP contribution in [0.5, 0.6) is 0 Å². The van der Waals surface area contributed by atoms with E-state index >= 15 is 0 Å². The van der Waals surface area contributed by atoms with Gasteiger partial charge < -0.3 is 15.5 Å². The molecule has 0 atom stereocenters. The number of nitrogens with zero attached hydrogens (tertiary/aromatic N) is 2. The molecule has 1 aliphatic rings. The molecule has 0 saturated carbocycles. The Morgan fingerprint density at radius 3 is 2.56 bits per heavy atom. The fourth-order valence-corrected chi connectivity index (χ4v) is 5.81. The summed E-state index contributed by atoms with van der Waals surface area (Å²) in [6, 6.07) is 22.0. The van der Waals surface area contributed by atoms with Crippen LogP contribution in [0.2, 0.25) is 0 Å². The number of likely N-dealkylation sites (N-methyl/N-ethyl adjacent to an activating group) is 1. The molecule has 0 unspecified atom stereocenters. The molecular formula is C30H26N4OS. The number of urea groups is 1. The molecule has 3 aromatic carbocycles. The van der Waals surface area contributed by atoms with Crippen molar-refractivity contribution in [2.24, 2.45) is 0 Å². The van der Waals surface area contributed by atoms with Gasteiger partial charge in [0.15, 0.2) is 0 Å². The Hall–Kier alpha value is -4.00. The number of anilines is 2. The monoisotopic (exact) mass is 490 g/mol. The van der Waals surface area contributed by atoms with Crippen molar-refractivity contribution >= 4 is 55.2 Å². The molecule has 6 rings (SSSR count). The summed E-state index contributed by atoms with van der Waals surface area (Å²) in [6.07, 6.45) is 6.95. The molecule has 1 aliphatic heterocycles. The lowest BCUT2D eigenvalue weighted by molar-refractivity contribution is 0.262. The second-order valence-corrected chi connectivity index (χ2v) is 10.0. The molecule has 0 bridgehead atoms. The van der Waals surface area contributed by atoms with E-state index in [4.69, 9.17) is 0 Å². The average Bonchev–Trinajstić information content (AvgIpc) is 3.33. The number of hydrogen-bond acceptors (Lipinski definition) is 4. The van der Waals surface area contributed by atoms with Crippen LogP contribution in [0.4, 0.5) is 16.2 Å². The van der Waals surface area contributed by atoms with Gasteiger partial charge in [-0.3, -0.25) is 4.98 Å². The van der Waals surface area contributed by atoms with Gasteiger partial charge in [-0.15, -0.1) is 11.3 Å². The molecule has 0 saturated heterocycles. The van der Waals surface area contributed by atoms with E-state index in [-0.39, 0.29) is 6.03 Å². The smallest absolute Gasteiger partial charge is 0.308 e. The van der Waals surface area contributed by atoms with Crippen molar-refractivity contribution in [1.29, 1.82) is 0 Å². The summed E-state index contributed by atoms with van der Waals surface area (Å²) in [6.45, 7) is 2.04.